The molecule has 0 aliphatic carbocycles. The molecule has 192 valence electrons. The molecule has 4 aromatic rings. The van der Waals surface area contributed by atoms with Crippen LogP contribution >= 0.6 is 0 Å². The van der Waals surface area contributed by atoms with Crippen LogP contribution in [0.25, 0.3) is 17.1 Å². The average molecular weight is 508 g/mol. The second-order valence-electron chi connectivity index (χ2n) is 8.00. The quantitative estimate of drug-likeness (QED) is 0.329. The van der Waals surface area contributed by atoms with Crippen molar-refractivity contribution in [2.45, 2.75) is 13.1 Å². The minimum absolute atomic E-state index is 0.194. The molecule has 2 heterocycles. The van der Waals surface area contributed by atoms with Gasteiger partial charge in [0.25, 0.3) is 5.56 Å². The van der Waals surface area contributed by atoms with Crippen molar-refractivity contribution in [1.82, 2.24) is 24.6 Å². The molecule has 0 fully saturated rings. The van der Waals surface area contributed by atoms with E-state index in [0.29, 0.717) is 46.0 Å². The average Bonchev–Trinajstić information content (AvgIpc) is 3.32. The molecule has 1 amide bonds. The molecule has 2 aromatic heterocycles. The van der Waals surface area contributed by atoms with Gasteiger partial charge in [-0.1, -0.05) is 12.1 Å². The predicted octanol–water partition coefficient (Wildman–Crippen LogP) is 2.64. The Bertz CT molecular complexity index is 1490. The number of benzene rings is 2. The third-order valence-corrected chi connectivity index (χ3v) is 5.60. The molecule has 0 bridgehead atoms. The van der Waals surface area contributed by atoms with Crippen molar-refractivity contribution in [2.24, 2.45) is 0 Å². The van der Waals surface area contributed by atoms with E-state index in [9.17, 15) is 14.0 Å². The molecule has 11 heteroatoms. The zero-order valence-corrected chi connectivity index (χ0v) is 20.6. The molecule has 0 unspecified atom stereocenters. The second-order valence-corrected chi connectivity index (χ2v) is 8.00. The van der Waals surface area contributed by atoms with Crippen LogP contribution in [0, 0.1) is 5.82 Å². The summed E-state index contributed by atoms with van der Waals surface area (Å²) in [7, 11) is 4.56. The molecule has 0 spiro atoms. The molecule has 0 radical (unpaired) electrons. The van der Waals surface area contributed by atoms with Crippen LogP contribution in [0.1, 0.15) is 11.1 Å². The lowest BCUT2D eigenvalue weighted by Gasteiger charge is -2.12. The number of aromatic nitrogens is 4. The Morgan fingerprint density at radius 1 is 1.11 bits per heavy atom. The molecule has 0 atom stereocenters. The maximum absolute atomic E-state index is 13.5. The number of amides is 1. The number of methoxy groups -OCH3 is 3. The minimum Gasteiger partial charge on any atom is -0.493 e. The third kappa shape index (κ3) is 5.77. The highest BCUT2D eigenvalue weighted by Crippen LogP contribution is 2.38. The fourth-order valence-corrected chi connectivity index (χ4v) is 3.82. The van der Waals surface area contributed by atoms with Gasteiger partial charge in [0.05, 0.1) is 40.6 Å². The molecular formula is C26H26FN5O5. The summed E-state index contributed by atoms with van der Waals surface area (Å²) < 4.78 is 32.4. The monoisotopic (exact) mass is 507 g/mol. The van der Waals surface area contributed by atoms with Gasteiger partial charge in [-0.05, 0) is 41.5 Å². The summed E-state index contributed by atoms with van der Waals surface area (Å²) in [4.78, 5) is 29.5. The lowest BCUT2D eigenvalue weighted by atomic mass is 10.1. The first-order chi connectivity index (χ1) is 17.9. The largest absolute Gasteiger partial charge is 0.493 e. The van der Waals surface area contributed by atoms with E-state index in [1.165, 1.54) is 56.6 Å². The number of halogens is 1. The summed E-state index contributed by atoms with van der Waals surface area (Å²) in [5.41, 5.74) is 1.47. The molecule has 1 N–H and O–H groups in total. The van der Waals surface area contributed by atoms with Crippen LogP contribution in [-0.4, -0.2) is 53.1 Å². The van der Waals surface area contributed by atoms with E-state index in [4.69, 9.17) is 14.2 Å². The fraction of sp³-hybridized carbons (Fsp3) is 0.231. The van der Waals surface area contributed by atoms with Crippen LogP contribution in [0.4, 0.5) is 4.39 Å². The number of carbonyl (C=O) groups is 1. The molecule has 10 nitrogen and oxygen atoms in total. The normalized spacial score (nSPS) is 11.1. The summed E-state index contributed by atoms with van der Waals surface area (Å²) >= 11 is 0. The van der Waals surface area contributed by atoms with E-state index in [0.717, 1.165) is 0 Å². The Morgan fingerprint density at radius 3 is 2.54 bits per heavy atom. The highest BCUT2D eigenvalue weighted by Gasteiger charge is 2.13. The maximum Gasteiger partial charge on any atom is 0.264 e. The van der Waals surface area contributed by atoms with Gasteiger partial charge in [-0.3, -0.25) is 14.2 Å². The lowest BCUT2D eigenvalue weighted by Crippen LogP contribution is -2.26. The summed E-state index contributed by atoms with van der Waals surface area (Å²) in [6.07, 6.45) is 5.88. The van der Waals surface area contributed by atoms with Gasteiger partial charge in [0, 0.05) is 12.6 Å². The maximum atomic E-state index is 13.5. The summed E-state index contributed by atoms with van der Waals surface area (Å²) in [5.74, 6) is 0.751. The number of hydrogen-bond donors (Lipinski definition) is 1. The van der Waals surface area contributed by atoms with Crippen LogP contribution in [-0.2, 0) is 17.9 Å². The molecule has 2 aromatic carbocycles. The van der Waals surface area contributed by atoms with Gasteiger partial charge in [0.1, 0.15) is 17.5 Å². The number of rotatable bonds is 10. The van der Waals surface area contributed by atoms with Crippen molar-refractivity contribution in [2.75, 3.05) is 27.9 Å². The Labute approximate surface area is 211 Å². The second kappa shape index (κ2) is 11.4. The fourth-order valence-electron chi connectivity index (χ4n) is 3.82. The Hall–Kier alpha value is -4.67. The molecule has 0 saturated carbocycles. The van der Waals surface area contributed by atoms with Gasteiger partial charge in [-0.25, -0.2) is 14.1 Å². The van der Waals surface area contributed by atoms with Crippen molar-refractivity contribution in [3.63, 3.8) is 0 Å². The van der Waals surface area contributed by atoms with E-state index in [-0.39, 0.29) is 30.4 Å². The van der Waals surface area contributed by atoms with Gasteiger partial charge < -0.3 is 19.5 Å². The lowest BCUT2D eigenvalue weighted by molar-refractivity contribution is -0.116. The Kier molecular flexibility index (Phi) is 7.82. The van der Waals surface area contributed by atoms with E-state index < -0.39 is 0 Å². The van der Waals surface area contributed by atoms with Gasteiger partial charge in [-0.15, -0.1) is 0 Å². The smallest absolute Gasteiger partial charge is 0.264 e. The summed E-state index contributed by atoms with van der Waals surface area (Å²) in [5, 5.41) is 7.35. The molecule has 0 saturated heterocycles. The van der Waals surface area contributed by atoms with Gasteiger partial charge in [0.15, 0.2) is 17.1 Å². The first-order valence-electron chi connectivity index (χ1n) is 11.3. The SMILES string of the molecule is COc1cc(/C=C\C(=O)NCCn2ncc3c(=O)n(Cc4cccc(F)c4)cnc32)cc(OC)c1OC. The van der Waals surface area contributed by atoms with Crippen LogP contribution in [0.2, 0.25) is 0 Å². The number of ether oxygens (including phenoxy) is 3. The first-order valence-corrected chi connectivity index (χ1v) is 11.3. The van der Waals surface area contributed by atoms with E-state index in [1.807, 2.05) is 0 Å². The van der Waals surface area contributed by atoms with Gasteiger partial charge in [0.2, 0.25) is 11.7 Å². The van der Waals surface area contributed by atoms with Crippen molar-refractivity contribution in [3.05, 3.63) is 82.3 Å². The number of nitrogens with one attached hydrogen (secondary N) is 1. The summed E-state index contributed by atoms with van der Waals surface area (Å²) in [6, 6.07) is 9.51. The number of hydrogen-bond acceptors (Lipinski definition) is 7. The minimum atomic E-state index is -0.368. The van der Waals surface area contributed by atoms with Crippen LogP contribution < -0.4 is 25.1 Å². The van der Waals surface area contributed by atoms with Crippen molar-refractivity contribution in [3.8, 4) is 17.2 Å². The highest BCUT2D eigenvalue weighted by molar-refractivity contribution is 5.91. The Morgan fingerprint density at radius 2 is 1.86 bits per heavy atom. The van der Waals surface area contributed by atoms with Crippen molar-refractivity contribution < 1.29 is 23.4 Å². The molecular weight excluding hydrogens is 481 g/mol. The standard InChI is InChI=1S/C26H26FN5O5/c1-35-21-12-17(13-22(36-2)24(21)37-3)7-8-23(33)28-9-10-32-25-20(14-30-32)26(34)31(16-29-25)15-18-5-4-6-19(27)11-18/h4-8,11-14,16H,9-10,15H2,1-3H3,(H,28,33)/b8-7-. The van der Waals surface area contributed by atoms with E-state index in [2.05, 4.69) is 15.4 Å². The Balaban J connectivity index is 1.39. The van der Waals surface area contributed by atoms with Crippen LogP contribution in [0.3, 0.4) is 0 Å². The zero-order chi connectivity index (χ0) is 26.4. The summed E-state index contributed by atoms with van der Waals surface area (Å²) in [6.45, 7) is 0.774. The number of carbonyl (C=O) groups excluding carboxylic acids is 1. The topological polar surface area (TPSA) is 110 Å². The van der Waals surface area contributed by atoms with Crippen LogP contribution in [0.5, 0.6) is 17.2 Å². The molecule has 0 aliphatic rings. The van der Waals surface area contributed by atoms with E-state index in [1.54, 1.807) is 35.0 Å². The third-order valence-electron chi connectivity index (χ3n) is 5.60. The van der Waals surface area contributed by atoms with Crippen LogP contribution in [0.15, 0.2) is 59.8 Å². The molecule has 37 heavy (non-hydrogen) atoms. The number of fused-ring (bicyclic) bond motifs is 1. The van der Waals surface area contributed by atoms with Gasteiger partial charge >= 0.3 is 0 Å². The van der Waals surface area contributed by atoms with Crippen molar-refractivity contribution >= 4 is 23.0 Å². The molecule has 4 rings (SSSR count). The number of nitrogens with zero attached hydrogens (tertiary/aromatic N) is 4. The highest BCUT2D eigenvalue weighted by atomic mass is 19.1. The van der Waals surface area contributed by atoms with E-state index >= 15 is 0 Å². The van der Waals surface area contributed by atoms with Gasteiger partial charge in [-0.2, -0.15) is 5.10 Å². The first kappa shape index (κ1) is 25.4. The van der Waals surface area contributed by atoms with Crippen molar-refractivity contribution in [1.29, 1.82) is 0 Å². The zero-order valence-electron chi connectivity index (χ0n) is 20.6. The molecule has 0 aliphatic heterocycles. The predicted molar refractivity (Wildman–Crippen MR) is 135 cm³/mol.